The molecule has 0 aliphatic carbocycles. The standard InChI is InChI=1S/C15H24O3Si/c1-5-13-8-10-14(11-9-13)12-18-19-15(4,16-6-2)17-7-3/h5,8-11H,1,6-7,12,19H2,2-4H3. The van der Waals surface area contributed by atoms with Crippen LogP contribution in [0.2, 0.25) is 0 Å². The Hall–Kier alpha value is -0.943. The first-order chi connectivity index (χ1) is 9.13. The average molecular weight is 280 g/mol. The Morgan fingerprint density at radius 2 is 1.74 bits per heavy atom. The summed E-state index contributed by atoms with van der Waals surface area (Å²) in [6.45, 7) is 11.5. The Kier molecular flexibility index (Phi) is 7.01. The second-order valence-corrected chi connectivity index (χ2v) is 6.42. The van der Waals surface area contributed by atoms with Gasteiger partial charge in [0, 0.05) is 13.2 Å². The third-order valence-corrected chi connectivity index (χ3v) is 4.09. The summed E-state index contributed by atoms with van der Waals surface area (Å²) in [7, 11) is -0.916. The lowest BCUT2D eigenvalue weighted by atomic mass is 10.1. The number of ether oxygens (including phenoxy) is 2. The summed E-state index contributed by atoms with van der Waals surface area (Å²) in [5.41, 5.74) is 1.76. The van der Waals surface area contributed by atoms with Gasteiger partial charge in [-0.15, -0.1) is 0 Å². The second kappa shape index (κ2) is 8.27. The highest BCUT2D eigenvalue weighted by Gasteiger charge is 2.26. The van der Waals surface area contributed by atoms with Crippen molar-refractivity contribution in [3.8, 4) is 0 Å². The Bertz CT molecular complexity index is 369. The second-order valence-electron chi connectivity index (χ2n) is 4.44. The average Bonchev–Trinajstić information content (AvgIpc) is 2.40. The maximum atomic E-state index is 5.83. The lowest BCUT2D eigenvalue weighted by Crippen LogP contribution is -2.40. The number of benzene rings is 1. The minimum absolute atomic E-state index is 0.523. The predicted molar refractivity (Wildman–Crippen MR) is 81.5 cm³/mol. The zero-order chi connectivity index (χ0) is 14.1. The molecular formula is C15H24O3Si. The van der Waals surface area contributed by atoms with Crippen LogP contribution in [0.15, 0.2) is 30.8 Å². The van der Waals surface area contributed by atoms with Crippen LogP contribution in [0.5, 0.6) is 0 Å². The van der Waals surface area contributed by atoms with E-state index >= 15 is 0 Å². The van der Waals surface area contributed by atoms with Crippen LogP contribution in [0.4, 0.5) is 0 Å². The first-order valence-corrected chi connectivity index (χ1v) is 7.99. The van der Waals surface area contributed by atoms with Crippen LogP contribution in [-0.2, 0) is 20.5 Å². The molecular weight excluding hydrogens is 256 g/mol. The van der Waals surface area contributed by atoms with Gasteiger partial charge in [0.1, 0.15) is 0 Å². The maximum absolute atomic E-state index is 5.83. The number of rotatable bonds is 9. The molecule has 0 aliphatic heterocycles. The molecule has 4 heteroatoms. The quantitative estimate of drug-likeness (QED) is 0.514. The van der Waals surface area contributed by atoms with Crippen molar-refractivity contribution >= 4 is 15.8 Å². The van der Waals surface area contributed by atoms with Crippen molar-refractivity contribution < 1.29 is 13.9 Å². The van der Waals surface area contributed by atoms with Gasteiger partial charge < -0.3 is 13.9 Å². The molecule has 0 amide bonds. The molecule has 0 aromatic heterocycles. The van der Waals surface area contributed by atoms with E-state index in [0.717, 1.165) is 11.1 Å². The summed E-state index contributed by atoms with van der Waals surface area (Å²) in [5, 5.41) is 0. The van der Waals surface area contributed by atoms with Crippen molar-refractivity contribution in [1.29, 1.82) is 0 Å². The molecule has 1 aromatic carbocycles. The molecule has 19 heavy (non-hydrogen) atoms. The summed E-state index contributed by atoms with van der Waals surface area (Å²) >= 11 is 0. The SMILES string of the molecule is C=Cc1ccc(CO[SiH2]C(C)(OCC)OCC)cc1. The van der Waals surface area contributed by atoms with Gasteiger partial charge >= 0.3 is 0 Å². The summed E-state index contributed by atoms with van der Waals surface area (Å²) in [4.78, 5) is 0. The minimum atomic E-state index is -0.916. The summed E-state index contributed by atoms with van der Waals surface area (Å²) < 4.78 is 17.1. The van der Waals surface area contributed by atoms with Gasteiger partial charge in [0.05, 0.1) is 6.61 Å². The molecule has 0 bridgehead atoms. The number of hydrogen-bond donors (Lipinski definition) is 0. The molecule has 0 aliphatic rings. The van der Waals surface area contributed by atoms with E-state index in [-0.39, 0.29) is 0 Å². The first-order valence-electron chi connectivity index (χ1n) is 6.70. The van der Waals surface area contributed by atoms with E-state index < -0.39 is 15.2 Å². The van der Waals surface area contributed by atoms with Crippen molar-refractivity contribution in [2.45, 2.75) is 32.8 Å². The molecule has 0 N–H and O–H groups in total. The zero-order valence-corrected chi connectivity index (χ0v) is 13.6. The van der Waals surface area contributed by atoms with E-state index in [9.17, 15) is 0 Å². The molecule has 106 valence electrons. The highest BCUT2D eigenvalue weighted by Crippen LogP contribution is 2.13. The Morgan fingerprint density at radius 3 is 2.21 bits per heavy atom. The largest absolute Gasteiger partial charge is 0.414 e. The minimum Gasteiger partial charge on any atom is -0.414 e. The van der Waals surface area contributed by atoms with Gasteiger partial charge in [-0.1, -0.05) is 36.9 Å². The molecule has 0 atom stereocenters. The van der Waals surface area contributed by atoms with E-state index in [0.29, 0.717) is 19.8 Å². The summed E-state index contributed by atoms with van der Waals surface area (Å²) in [6, 6.07) is 8.20. The molecule has 1 aromatic rings. The summed E-state index contributed by atoms with van der Waals surface area (Å²) in [6.07, 6.45) is 1.83. The van der Waals surface area contributed by atoms with E-state index in [4.69, 9.17) is 13.9 Å². The van der Waals surface area contributed by atoms with E-state index in [1.807, 2.05) is 39.0 Å². The fourth-order valence-corrected chi connectivity index (χ4v) is 3.12. The van der Waals surface area contributed by atoms with Gasteiger partial charge in [-0.3, -0.25) is 0 Å². The Labute approximate surface area is 118 Å². The van der Waals surface area contributed by atoms with Gasteiger partial charge in [-0.25, -0.2) is 0 Å². The van der Waals surface area contributed by atoms with Gasteiger partial charge in [-0.2, -0.15) is 0 Å². The van der Waals surface area contributed by atoms with Gasteiger partial charge in [0.15, 0.2) is 5.41 Å². The van der Waals surface area contributed by atoms with Crippen LogP contribution in [0, 0.1) is 0 Å². The smallest absolute Gasteiger partial charge is 0.227 e. The molecule has 3 nitrogen and oxygen atoms in total. The molecule has 0 heterocycles. The summed E-state index contributed by atoms with van der Waals surface area (Å²) in [5.74, 6) is 0. The van der Waals surface area contributed by atoms with E-state index in [2.05, 4.69) is 18.7 Å². The highest BCUT2D eigenvalue weighted by atomic mass is 28.2. The van der Waals surface area contributed by atoms with Gasteiger partial charge in [0.2, 0.25) is 9.76 Å². The molecule has 0 radical (unpaired) electrons. The zero-order valence-electron chi connectivity index (χ0n) is 12.1. The third kappa shape index (κ3) is 5.70. The van der Waals surface area contributed by atoms with Crippen molar-refractivity contribution in [2.24, 2.45) is 0 Å². The van der Waals surface area contributed by atoms with Crippen molar-refractivity contribution in [1.82, 2.24) is 0 Å². The fraction of sp³-hybridized carbons (Fsp3) is 0.467. The molecule has 0 saturated carbocycles. The Morgan fingerprint density at radius 1 is 1.16 bits per heavy atom. The molecule has 0 fully saturated rings. The van der Waals surface area contributed by atoms with Crippen molar-refractivity contribution in [3.05, 3.63) is 42.0 Å². The fourth-order valence-electron chi connectivity index (χ4n) is 1.84. The van der Waals surface area contributed by atoms with Crippen molar-refractivity contribution in [3.63, 3.8) is 0 Å². The first kappa shape index (κ1) is 16.1. The predicted octanol–water partition coefficient (Wildman–Crippen LogP) is 2.68. The monoisotopic (exact) mass is 280 g/mol. The van der Waals surface area contributed by atoms with Crippen LogP contribution in [0.1, 0.15) is 31.9 Å². The van der Waals surface area contributed by atoms with Gasteiger partial charge in [-0.05, 0) is 31.9 Å². The van der Waals surface area contributed by atoms with Gasteiger partial charge in [0.25, 0.3) is 0 Å². The topological polar surface area (TPSA) is 27.7 Å². The number of hydrogen-bond acceptors (Lipinski definition) is 3. The third-order valence-electron chi connectivity index (χ3n) is 2.75. The lowest BCUT2D eigenvalue weighted by molar-refractivity contribution is -0.170. The van der Waals surface area contributed by atoms with Crippen LogP contribution < -0.4 is 0 Å². The van der Waals surface area contributed by atoms with Crippen LogP contribution >= 0.6 is 0 Å². The van der Waals surface area contributed by atoms with E-state index in [1.54, 1.807) is 0 Å². The lowest BCUT2D eigenvalue weighted by Gasteiger charge is -2.28. The van der Waals surface area contributed by atoms with E-state index in [1.165, 1.54) is 0 Å². The van der Waals surface area contributed by atoms with Crippen molar-refractivity contribution in [2.75, 3.05) is 13.2 Å². The molecule has 0 saturated heterocycles. The molecule has 0 unspecified atom stereocenters. The normalized spacial score (nSPS) is 12.2. The Balaban J connectivity index is 2.44. The van der Waals surface area contributed by atoms with Crippen LogP contribution in [0.25, 0.3) is 6.08 Å². The molecule has 0 spiro atoms. The maximum Gasteiger partial charge on any atom is 0.227 e. The van der Waals surface area contributed by atoms with Crippen LogP contribution in [0.3, 0.4) is 0 Å². The highest BCUT2D eigenvalue weighted by molar-refractivity contribution is 6.30. The molecule has 1 rings (SSSR count). The van der Waals surface area contributed by atoms with Crippen LogP contribution in [-0.4, -0.2) is 28.4 Å².